The third kappa shape index (κ3) is 2.87. The zero-order valence-electron chi connectivity index (χ0n) is 12.2. The van der Waals surface area contributed by atoms with E-state index in [-0.39, 0.29) is 12.0 Å². The Kier molecular flexibility index (Phi) is 4.07. The lowest BCUT2D eigenvalue weighted by Crippen LogP contribution is -2.40. The molecule has 112 valence electrons. The average molecular weight is 306 g/mol. The molecule has 0 N–H and O–H groups in total. The number of hydrogen-bond donors (Lipinski definition) is 0. The van der Waals surface area contributed by atoms with Crippen LogP contribution in [0.2, 0.25) is 0 Å². The van der Waals surface area contributed by atoms with Crippen LogP contribution in [0.4, 0.5) is 0 Å². The number of rotatable bonds is 3. The quantitative estimate of drug-likeness (QED) is 0.875. The summed E-state index contributed by atoms with van der Waals surface area (Å²) >= 11 is 1.49. The molecular weight excluding hydrogens is 288 g/mol. The Hall–Kier alpha value is -1.66. The van der Waals surface area contributed by atoms with E-state index in [1.165, 1.54) is 11.3 Å². The summed E-state index contributed by atoms with van der Waals surface area (Å²) in [4.78, 5) is 19.9. The van der Waals surface area contributed by atoms with Gasteiger partial charge in [0.1, 0.15) is 5.69 Å². The van der Waals surface area contributed by atoms with E-state index in [0.717, 1.165) is 35.8 Å². The van der Waals surface area contributed by atoms with Gasteiger partial charge in [0.05, 0.1) is 12.4 Å². The number of carbonyl (C=O) groups excluding carboxylic acids is 1. The summed E-state index contributed by atoms with van der Waals surface area (Å²) in [5, 5.41) is 0.757. The number of amides is 1. The summed E-state index contributed by atoms with van der Waals surface area (Å²) in [7, 11) is 1.72. The molecule has 0 aliphatic carbocycles. The Labute approximate surface area is 127 Å². The minimum atomic E-state index is 0.0103. The highest BCUT2D eigenvalue weighted by Crippen LogP contribution is 2.29. The summed E-state index contributed by atoms with van der Waals surface area (Å²) in [5.41, 5.74) is 0.544. The van der Waals surface area contributed by atoms with E-state index in [4.69, 9.17) is 9.15 Å². The van der Waals surface area contributed by atoms with Crippen molar-refractivity contribution in [3.63, 3.8) is 0 Å². The Morgan fingerprint density at radius 3 is 2.86 bits per heavy atom. The highest BCUT2D eigenvalue weighted by atomic mass is 32.1. The predicted molar refractivity (Wildman–Crippen MR) is 80.5 cm³/mol. The molecule has 5 nitrogen and oxygen atoms in total. The number of ether oxygens (including phenoxy) is 1. The predicted octanol–water partition coefficient (Wildman–Crippen LogP) is 2.96. The minimum Gasteiger partial charge on any atom is -0.462 e. The van der Waals surface area contributed by atoms with Crippen molar-refractivity contribution >= 4 is 17.2 Å². The number of furan rings is 1. The van der Waals surface area contributed by atoms with Crippen molar-refractivity contribution in [2.45, 2.75) is 25.9 Å². The molecule has 3 rings (SSSR count). The van der Waals surface area contributed by atoms with Gasteiger partial charge in [-0.2, -0.15) is 0 Å². The van der Waals surface area contributed by atoms with Gasteiger partial charge in [0.2, 0.25) is 0 Å². The van der Waals surface area contributed by atoms with Gasteiger partial charge < -0.3 is 14.1 Å². The lowest BCUT2D eigenvalue weighted by atomic mass is 10.1. The van der Waals surface area contributed by atoms with Gasteiger partial charge in [0.15, 0.2) is 10.8 Å². The lowest BCUT2D eigenvalue weighted by Gasteiger charge is -2.30. The van der Waals surface area contributed by atoms with Crippen LogP contribution in [0.25, 0.3) is 10.8 Å². The number of thiazole rings is 1. The molecule has 2 aromatic rings. The van der Waals surface area contributed by atoms with Crippen molar-refractivity contribution in [3.8, 4) is 10.8 Å². The largest absolute Gasteiger partial charge is 0.462 e. The molecule has 1 aliphatic heterocycles. The maximum absolute atomic E-state index is 12.6. The van der Waals surface area contributed by atoms with Gasteiger partial charge in [0, 0.05) is 25.1 Å². The normalized spacial score (nSPS) is 16.4. The first kappa shape index (κ1) is 14.3. The van der Waals surface area contributed by atoms with Crippen molar-refractivity contribution in [1.29, 1.82) is 0 Å². The van der Waals surface area contributed by atoms with Crippen LogP contribution in [0.3, 0.4) is 0 Å². The van der Waals surface area contributed by atoms with Crippen LogP contribution in [0.15, 0.2) is 22.8 Å². The third-order valence-electron chi connectivity index (χ3n) is 3.79. The van der Waals surface area contributed by atoms with Crippen LogP contribution in [0.1, 0.15) is 28.2 Å². The fourth-order valence-corrected chi connectivity index (χ4v) is 3.42. The first-order valence-electron chi connectivity index (χ1n) is 7.02. The fraction of sp³-hybridized carbons (Fsp3) is 0.467. The molecule has 0 radical (unpaired) electrons. The molecule has 21 heavy (non-hydrogen) atoms. The molecule has 0 spiro atoms. The fourth-order valence-electron chi connectivity index (χ4n) is 2.54. The van der Waals surface area contributed by atoms with Crippen molar-refractivity contribution in [1.82, 2.24) is 9.88 Å². The van der Waals surface area contributed by atoms with E-state index in [0.29, 0.717) is 11.5 Å². The summed E-state index contributed by atoms with van der Waals surface area (Å²) in [6.07, 6.45) is 3.65. The van der Waals surface area contributed by atoms with Crippen molar-refractivity contribution in [3.05, 3.63) is 29.0 Å². The smallest absolute Gasteiger partial charge is 0.273 e. The lowest BCUT2D eigenvalue weighted by molar-refractivity contribution is 0.0348. The molecule has 0 bridgehead atoms. The molecular formula is C15H18N2O3S. The van der Waals surface area contributed by atoms with Gasteiger partial charge in [-0.3, -0.25) is 4.79 Å². The van der Waals surface area contributed by atoms with Crippen molar-refractivity contribution in [2.24, 2.45) is 0 Å². The monoisotopic (exact) mass is 306 g/mol. The second-order valence-corrected chi connectivity index (χ2v) is 6.33. The van der Waals surface area contributed by atoms with Crippen LogP contribution in [-0.4, -0.2) is 42.1 Å². The Bertz CT molecular complexity index is 613. The number of nitrogens with zero attached hydrogens (tertiary/aromatic N) is 2. The van der Waals surface area contributed by atoms with E-state index in [2.05, 4.69) is 4.98 Å². The SMILES string of the molecule is COC1CCN(C(=O)c2nc(-c3ccco3)sc2C)CC1. The summed E-state index contributed by atoms with van der Waals surface area (Å²) in [6, 6.07) is 3.68. The van der Waals surface area contributed by atoms with Gasteiger partial charge in [-0.1, -0.05) is 0 Å². The maximum atomic E-state index is 12.6. The first-order chi connectivity index (χ1) is 10.2. The second-order valence-electron chi connectivity index (χ2n) is 5.13. The van der Waals surface area contributed by atoms with Gasteiger partial charge in [-0.15, -0.1) is 11.3 Å². The average Bonchev–Trinajstić information content (AvgIpc) is 3.16. The Morgan fingerprint density at radius 1 is 1.48 bits per heavy atom. The zero-order valence-corrected chi connectivity index (χ0v) is 13.0. The molecule has 1 aliphatic rings. The topological polar surface area (TPSA) is 55.6 Å². The number of aromatic nitrogens is 1. The molecule has 0 saturated carbocycles. The molecule has 1 fully saturated rings. The summed E-state index contributed by atoms with van der Waals surface area (Å²) in [5.74, 6) is 0.719. The van der Waals surface area contributed by atoms with Crippen LogP contribution in [-0.2, 0) is 4.74 Å². The van der Waals surface area contributed by atoms with Crippen LogP contribution < -0.4 is 0 Å². The van der Waals surface area contributed by atoms with E-state index in [1.54, 1.807) is 13.4 Å². The van der Waals surface area contributed by atoms with Gasteiger partial charge in [-0.05, 0) is 31.9 Å². The number of carbonyl (C=O) groups is 1. The number of hydrogen-bond acceptors (Lipinski definition) is 5. The number of piperidine rings is 1. The van der Waals surface area contributed by atoms with Crippen molar-refractivity contribution in [2.75, 3.05) is 20.2 Å². The minimum absolute atomic E-state index is 0.0103. The molecule has 6 heteroatoms. The zero-order chi connectivity index (χ0) is 14.8. The van der Waals surface area contributed by atoms with E-state index < -0.39 is 0 Å². The number of likely N-dealkylation sites (tertiary alicyclic amines) is 1. The molecule has 0 unspecified atom stereocenters. The van der Waals surface area contributed by atoms with Crippen LogP contribution in [0.5, 0.6) is 0 Å². The van der Waals surface area contributed by atoms with Crippen molar-refractivity contribution < 1.29 is 13.9 Å². The first-order valence-corrected chi connectivity index (χ1v) is 7.84. The summed E-state index contributed by atoms with van der Waals surface area (Å²) < 4.78 is 10.7. The van der Waals surface area contributed by atoms with E-state index in [9.17, 15) is 4.79 Å². The standard InChI is InChI=1S/C15H18N2O3S/c1-10-13(16-14(21-10)12-4-3-9-20-12)15(18)17-7-5-11(19-2)6-8-17/h3-4,9,11H,5-8H2,1-2H3. The summed E-state index contributed by atoms with van der Waals surface area (Å²) in [6.45, 7) is 3.38. The maximum Gasteiger partial charge on any atom is 0.273 e. The molecule has 1 saturated heterocycles. The number of aryl methyl sites for hydroxylation is 1. The Balaban J connectivity index is 1.76. The van der Waals surface area contributed by atoms with Gasteiger partial charge in [-0.25, -0.2) is 4.98 Å². The van der Waals surface area contributed by atoms with E-state index in [1.807, 2.05) is 24.0 Å². The van der Waals surface area contributed by atoms with Gasteiger partial charge >= 0.3 is 0 Å². The molecule has 3 heterocycles. The Morgan fingerprint density at radius 2 is 2.24 bits per heavy atom. The molecule has 2 aromatic heterocycles. The molecule has 0 aromatic carbocycles. The molecule has 1 amide bonds. The van der Waals surface area contributed by atoms with Crippen LogP contribution in [0, 0.1) is 6.92 Å². The second kappa shape index (κ2) is 5.99. The van der Waals surface area contributed by atoms with Crippen LogP contribution >= 0.6 is 11.3 Å². The third-order valence-corrected chi connectivity index (χ3v) is 4.78. The highest BCUT2D eigenvalue weighted by molar-refractivity contribution is 7.15. The van der Waals surface area contributed by atoms with E-state index >= 15 is 0 Å². The highest BCUT2D eigenvalue weighted by Gasteiger charge is 2.26. The van der Waals surface area contributed by atoms with Gasteiger partial charge in [0.25, 0.3) is 5.91 Å². The number of methoxy groups -OCH3 is 1. The molecule has 0 atom stereocenters.